The third-order valence-electron chi connectivity index (χ3n) is 2.75. The van der Waals surface area contributed by atoms with Crippen molar-refractivity contribution in [1.82, 2.24) is 4.90 Å². The van der Waals surface area contributed by atoms with Crippen LogP contribution in [0.2, 0.25) is 0 Å². The topological polar surface area (TPSA) is 32.7 Å². The molecule has 0 aliphatic carbocycles. The second-order valence-corrected chi connectivity index (χ2v) is 4.61. The first-order chi connectivity index (χ1) is 6.59. The van der Waals surface area contributed by atoms with Crippen LogP contribution in [0.4, 0.5) is 0 Å². The fourth-order valence-corrected chi connectivity index (χ4v) is 1.72. The van der Waals surface area contributed by atoms with E-state index in [9.17, 15) is 5.11 Å². The normalized spacial score (nSPS) is 27.6. The first kappa shape index (κ1) is 12.0. The van der Waals surface area contributed by atoms with E-state index in [1.165, 1.54) is 0 Å². The van der Waals surface area contributed by atoms with E-state index in [1.807, 2.05) is 0 Å². The number of aliphatic hydroxyl groups is 1. The highest BCUT2D eigenvalue weighted by molar-refractivity contribution is 4.71. The van der Waals surface area contributed by atoms with Crippen LogP contribution in [0.1, 0.15) is 27.2 Å². The molecule has 1 fully saturated rings. The fourth-order valence-electron chi connectivity index (χ4n) is 1.72. The molecular formula is C11H23NO2. The molecule has 1 aliphatic heterocycles. The van der Waals surface area contributed by atoms with Gasteiger partial charge in [-0.2, -0.15) is 0 Å². The minimum absolute atomic E-state index is 0.208. The number of hydrogen-bond donors (Lipinski definition) is 1. The van der Waals surface area contributed by atoms with E-state index in [1.54, 1.807) is 0 Å². The van der Waals surface area contributed by atoms with E-state index in [0.717, 1.165) is 32.7 Å². The molecule has 0 radical (unpaired) electrons. The monoisotopic (exact) mass is 201 g/mol. The minimum Gasteiger partial charge on any atom is -0.392 e. The van der Waals surface area contributed by atoms with Crippen molar-refractivity contribution in [2.75, 3.05) is 26.2 Å². The molecule has 1 N–H and O–H groups in total. The summed E-state index contributed by atoms with van der Waals surface area (Å²) in [6.45, 7) is 9.85. The Kier molecular flexibility index (Phi) is 4.85. The lowest BCUT2D eigenvalue weighted by Gasteiger charge is -2.26. The summed E-state index contributed by atoms with van der Waals surface area (Å²) in [5.74, 6) is 0.342. The Morgan fingerprint density at radius 3 is 2.86 bits per heavy atom. The van der Waals surface area contributed by atoms with Crippen LogP contribution in [0.15, 0.2) is 0 Å². The molecule has 1 aliphatic rings. The van der Waals surface area contributed by atoms with Gasteiger partial charge >= 0.3 is 0 Å². The fraction of sp³-hybridized carbons (Fsp3) is 1.00. The smallest absolute Gasteiger partial charge is 0.0689 e. The maximum absolute atomic E-state index is 9.77. The summed E-state index contributed by atoms with van der Waals surface area (Å²) < 4.78 is 5.55. The second-order valence-electron chi connectivity index (χ2n) is 4.61. The van der Waals surface area contributed by atoms with Gasteiger partial charge in [0.25, 0.3) is 0 Å². The molecule has 0 bridgehead atoms. The van der Waals surface area contributed by atoms with Crippen molar-refractivity contribution >= 4 is 0 Å². The number of aliphatic hydroxyl groups excluding tert-OH is 1. The zero-order chi connectivity index (χ0) is 10.6. The quantitative estimate of drug-likeness (QED) is 0.742. The van der Waals surface area contributed by atoms with Gasteiger partial charge in [-0.25, -0.2) is 0 Å². The summed E-state index contributed by atoms with van der Waals surface area (Å²) in [6.07, 6.45) is 1.17. The second kappa shape index (κ2) is 5.69. The van der Waals surface area contributed by atoms with E-state index in [0.29, 0.717) is 12.0 Å². The summed E-state index contributed by atoms with van der Waals surface area (Å²) in [5.41, 5.74) is 0. The lowest BCUT2D eigenvalue weighted by Crippen LogP contribution is -2.38. The molecule has 0 saturated carbocycles. The van der Waals surface area contributed by atoms with Crippen LogP contribution in [0.3, 0.4) is 0 Å². The third-order valence-corrected chi connectivity index (χ3v) is 2.75. The van der Waals surface area contributed by atoms with Crippen molar-refractivity contribution in [2.45, 2.75) is 39.4 Å². The van der Waals surface area contributed by atoms with Gasteiger partial charge in [-0.15, -0.1) is 0 Å². The Bertz CT molecular complexity index is 161. The molecular weight excluding hydrogens is 178 g/mol. The van der Waals surface area contributed by atoms with Gasteiger partial charge in [0.1, 0.15) is 0 Å². The van der Waals surface area contributed by atoms with Crippen LogP contribution in [0.5, 0.6) is 0 Å². The lowest BCUT2D eigenvalue weighted by molar-refractivity contribution is 0.0462. The average molecular weight is 201 g/mol. The van der Waals surface area contributed by atoms with Gasteiger partial charge < -0.3 is 9.84 Å². The van der Waals surface area contributed by atoms with Crippen LogP contribution < -0.4 is 0 Å². The van der Waals surface area contributed by atoms with Crippen molar-refractivity contribution < 1.29 is 9.84 Å². The summed E-state index contributed by atoms with van der Waals surface area (Å²) >= 11 is 0. The van der Waals surface area contributed by atoms with E-state index in [2.05, 4.69) is 25.7 Å². The summed E-state index contributed by atoms with van der Waals surface area (Å²) in [7, 11) is 0. The van der Waals surface area contributed by atoms with Crippen LogP contribution >= 0.6 is 0 Å². The van der Waals surface area contributed by atoms with E-state index < -0.39 is 0 Å². The summed E-state index contributed by atoms with van der Waals surface area (Å²) in [4.78, 5) is 2.31. The number of hydrogen-bond acceptors (Lipinski definition) is 3. The molecule has 2 atom stereocenters. The zero-order valence-electron chi connectivity index (χ0n) is 9.57. The van der Waals surface area contributed by atoms with Crippen LogP contribution in [0, 0.1) is 5.92 Å². The molecule has 2 unspecified atom stereocenters. The standard InChI is InChI=1S/C11H23NO2/c1-9(2)11(13)8-12-5-4-6-14-10(3)7-12/h9-11,13H,4-8H2,1-3H3. The van der Waals surface area contributed by atoms with Gasteiger partial charge in [-0.05, 0) is 19.3 Å². The molecule has 3 heteroatoms. The molecule has 3 nitrogen and oxygen atoms in total. The number of nitrogens with zero attached hydrogens (tertiary/aromatic N) is 1. The van der Waals surface area contributed by atoms with Gasteiger partial charge in [0, 0.05) is 26.2 Å². The molecule has 84 valence electrons. The maximum Gasteiger partial charge on any atom is 0.0689 e. The molecule has 1 heterocycles. The first-order valence-corrected chi connectivity index (χ1v) is 5.61. The summed E-state index contributed by atoms with van der Waals surface area (Å²) in [5, 5.41) is 9.77. The molecule has 0 aromatic heterocycles. The highest BCUT2D eigenvalue weighted by atomic mass is 16.5. The summed E-state index contributed by atoms with van der Waals surface area (Å²) in [6, 6.07) is 0. The number of β-amino-alcohol motifs (C(OH)–C–C–N with tert-alkyl or cyclic N) is 1. The molecule has 0 spiro atoms. The van der Waals surface area contributed by atoms with E-state index in [4.69, 9.17) is 4.74 Å². The van der Waals surface area contributed by atoms with Gasteiger partial charge in [-0.1, -0.05) is 13.8 Å². The number of rotatable bonds is 3. The van der Waals surface area contributed by atoms with Crippen LogP contribution in [-0.2, 0) is 4.74 Å². The molecule has 0 aromatic carbocycles. The Labute approximate surface area is 87.1 Å². The van der Waals surface area contributed by atoms with Crippen LogP contribution in [-0.4, -0.2) is 48.5 Å². The van der Waals surface area contributed by atoms with Crippen LogP contribution in [0.25, 0.3) is 0 Å². The highest BCUT2D eigenvalue weighted by Crippen LogP contribution is 2.09. The van der Waals surface area contributed by atoms with E-state index in [-0.39, 0.29) is 6.10 Å². The van der Waals surface area contributed by atoms with Gasteiger partial charge in [0.05, 0.1) is 12.2 Å². The van der Waals surface area contributed by atoms with Gasteiger partial charge in [0.2, 0.25) is 0 Å². The molecule has 0 aromatic rings. The zero-order valence-corrected chi connectivity index (χ0v) is 9.57. The molecule has 0 amide bonds. The van der Waals surface area contributed by atoms with Crippen molar-refractivity contribution in [1.29, 1.82) is 0 Å². The Balaban J connectivity index is 2.34. The molecule has 14 heavy (non-hydrogen) atoms. The largest absolute Gasteiger partial charge is 0.392 e. The number of ether oxygens (including phenoxy) is 1. The Morgan fingerprint density at radius 1 is 1.50 bits per heavy atom. The van der Waals surface area contributed by atoms with Gasteiger partial charge in [-0.3, -0.25) is 4.90 Å². The lowest BCUT2D eigenvalue weighted by atomic mass is 10.1. The minimum atomic E-state index is -0.208. The highest BCUT2D eigenvalue weighted by Gasteiger charge is 2.19. The molecule has 1 rings (SSSR count). The first-order valence-electron chi connectivity index (χ1n) is 5.61. The van der Waals surface area contributed by atoms with Crippen molar-refractivity contribution in [2.24, 2.45) is 5.92 Å². The molecule has 1 saturated heterocycles. The SMILES string of the molecule is CC1CN(CC(O)C(C)C)CCCO1. The van der Waals surface area contributed by atoms with Crippen molar-refractivity contribution in [3.05, 3.63) is 0 Å². The van der Waals surface area contributed by atoms with Crippen molar-refractivity contribution in [3.8, 4) is 0 Å². The third kappa shape index (κ3) is 3.95. The van der Waals surface area contributed by atoms with Gasteiger partial charge in [0.15, 0.2) is 0 Å². The maximum atomic E-state index is 9.77. The Morgan fingerprint density at radius 2 is 2.21 bits per heavy atom. The van der Waals surface area contributed by atoms with Crippen molar-refractivity contribution in [3.63, 3.8) is 0 Å². The average Bonchev–Trinajstić information content (AvgIpc) is 2.29. The Hall–Kier alpha value is -0.120. The van der Waals surface area contributed by atoms with E-state index >= 15 is 0 Å². The predicted molar refractivity (Wildman–Crippen MR) is 57.3 cm³/mol. The predicted octanol–water partition coefficient (Wildman–Crippen LogP) is 1.11.